The lowest BCUT2D eigenvalue weighted by Gasteiger charge is -2.16. The van der Waals surface area contributed by atoms with E-state index in [-0.39, 0.29) is 11.5 Å². The number of aromatic hydroxyl groups is 1. The number of hydrogen-bond donors (Lipinski definition) is 2. The van der Waals surface area contributed by atoms with Crippen molar-refractivity contribution in [1.29, 1.82) is 0 Å². The number of aldehydes is 1. The van der Waals surface area contributed by atoms with E-state index in [1.54, 1.807) is 6.07 Å². The number of ketones is 1. The molecular formula is C24H22O4. The van der Waals surface area contributed by atoms with Crippen LogP contribution in [0, 0.1) is 13.8 Å². The monoisotopic (exact) mass is 374 g/mol. The van der Waals surface area contributed by atoms with Gasteiger partial charge in [-0.3, -0.25) is 9.59 Å². The zero-order valence-corrected chi connectivity index (χ0v) is 15.9. The van der Waals surface area contributed by atoms with Crippen LogP contribution in [0.1, 0.15) is 43.8 Å². The largest absolute Gasteiger partial charge is 0.515 e. The lowest BCUT2D eigenvalue weighted by Crippen LogP contribution is -2.14. The van der Waals surface area contributed by atoms with Crippen LogP contribution in [0.15, 0.2) is 60.4 Å². The van der Waals surface area contributed by atoms with Crippen molar-refractivity contribution in [2.24, 2.45) is 0 Å². The fraction of sp³-hybridized carbons (Fsp3) is 0.167. The van der Waals surface area contributed by atoms with Gasteiger partial charge in [0.05, 0.1) is 11.8 Å². The highest BCUT2D eigenvalue weighted by Crippen LogP contribution is 2.28. The molecule has 3 aromatic rings. The Balaban J connectivity index is 0.000000161. The predicted octanol–water partition coefficient (Wildman–Crippen LogP) is 5.23. The molecule has 0 fully saturated rings. The molecule has 142 valence electrons. The van der Waals surface area contributed by atoms with Crippen molar-refractivity contribution < 1.29 is 19.8 Å². The fourth-order valence-corrected chi connectivity index (χ4v) is 3.37. The zero-order chi connectivity index (χ0) is 20.3. The van der Waals surface area contributed by atoms with Crippen LogP contribution in [-0.4, -0.2) is 22.3 Å². The van der Waals surface area contributed by atoms with Gasteiger partial charge >= 0.3 is 0 Å². The number of fused-ring (bicyclic) bond motifs is 2. The molecule has 1 aliphatic carbocycles. The first-order chi connectivity index (χ1) is 13.4. The highest BCUT2D eigenvalue weighted by Gasteiger charge is 2.21. The third-order valence-corrected chi connectivity index (χ3v) is 4.92. The van der Waals surface area contributed by atoms with Gasteiger partial charge in [-0.25, -0.2) is 0 Å². The molecule has 0 aromatic heterocycles. The average Bonchev–Trinajstić information content (AvgIpc) is 2.69. The van der Waals surface area contributed by atoms with E-state index in [4.69, 9.17) is 5.11 Å². The molecule has 4 heteroatoms. The minimum absolute atomic E-state index is 0.0336. The molecule has 0 unspecified atom stereocenters. The second kappa shape index (κ2) is 8.09. The van der Waals surface area contributed by atoms with Gasteiger partial charge in [-0.1, -0.05) is 53.6 Å². The fourth-order valence-electron chi connectivity index (χ4n) is 3.37. The first-order valence-electron chi connectivity index (χ1n) is 9.09. The number of aliphatic hydroxyl groups is 1. The van der Waals surface area contributed by atoms with Gasteiger partial charge in [0.15, 0.2) is 12.1 Å². The van der Waals surface area contributed by atoms with Crippen molar-refractivity contribution in [2.75, 3.05) is 0 Å². The summed E-state index contributed by atoms with van der Waals surface area (Å²) in [7, 11) is 0. The summed E-state index contributed by atoms with van der Waals surface area (Å²) in [6.45, 7) is 4.01. The van der Waals surface area contributed by atoms with Gasteiger partial charge in [-0.2, -0.15) is 0 Å². The Morgan fingerprint density at radius 2 is 1.64 bits per heavy atom. The number of Topliss-reactive ketones (excluding diaryl/α,β-unsaturated/α-hetero) is 1. The first kappa shape index (κ1) is 19.4. The van der Waals surface area contributed by atoms with Crippen molar-refractivity contribution >= 4 is 22.8 Å². The molecule has 0 saturated carbocycles. The second-order valence-electron chi connectivity index (χ2n) is 6.99. The van der Waals surface area contributed by atoms with E-state index in [0.717, 1.165) is 40.1 Å². The zero-order valence-electron chi connectivity index (χ0n) is 15.9. The maximum Gasteiger partial charge on any atom is 0.192 e. The molecule has 28 heavy (non-hydrogen) atoms. The normalized spacial score (nSPS) is 14.4. The van der Waals surface area contributed by atoms with Crippen LogP contribution >= 0.6 is 0 Å². The minimum Gasteiger partial charge on any atom is -0.515 e. The molecule has 0 bridgehead atoms. The summed E-state index contributed by atoms with van der Waals surface area (Å²) in [5.41, 5.74) is 4.99. The Morgan fingerprint density at radius 3 is 2.36 bits per heavy atom. The van der Waals surface area contributed by atoms with E-state index >= 15 is 0 Å². The third kappa shape index (κ3) is 3.81. The first-order valence-corrected chi connectivity index (χ1v) is 9.09. The van der Waals surface area contributed by atoms with E-state index < -0.39 is 0 Å². The molecule has 2 N–H and O–H groups in total. The molecule has 4 nitrogen and oxygen atoms in total. The molecule has 0 saturated heterocycles. The SMILES string of the molecule is Cc1ccc2c(O)c(C=O)ccc2c1.Cc1ccc2c(c1)CCC(=CO)C2=O. The highest BCUT2D eigenvalue weighted by molar-refractivity contribution is 6.10. The Hall–Kier alpha value is -3.40. The van der Waals surface area contributed by atoms with Crippen LogP contribution in [0.5, 0.6) is 5.75 Å². The number of benzene rings is 3. The van der Waals surface area contributed by atoms with Crippen molar-refractivity contribution in [3.05, 3.63) is 88.2 Å². The lowest BCUT2D eigenvalue weighted by atomic mass is 9.87. The van der Waals surface area contributed by atoms with Crippen molar-refractivity contribution in [2.45, 2.75) is 26.7 Å². The standard InChI is InChI=1S/C12H12O2.C12H10O2/c2*1-8-2-5-11-9(6-8)3-4-10(7-13)12(11)14/h2,5-7,13H,3-4H2,1H3;2-7,14H,1H3. The molecule has 0 radical (unpaired) electrons. The molecule has 4 rings (SSSR count). The van der Waals surface area contributed by atoms with Gasteiger partial charge in [-0.15, -0.1) is 0 Å². The smallest absolute Gasteiger partial charge is 0.192 e. The molecular weight excluding hydrogens is 352 g/mol. The average molecular weight is 374 g/mol. The van der Waals surface area contributed by atoms with E-state index in [2.05, 4.69) is 0 Å². The van der Waals surface area contributed by atoms with Crippen LogP contribution in [0.25, 0.3) is 10.8 Å². The Kier molecular flexibility index (Phi) is 5.59. The topological polar surface area (TPSA) is 74.6 Å². The van der Waals surface area contributed by atoms with Crippen molar-refractivity contribution in [1.82, 2.24) is 0 Å². The van der Waals surface area contributed by atoms with E-state index in [9.17, 15) is 14.7 Å². The molecule has 0 aliphatic heterocycles. The van der Waals surface area contributed by atoms with E-state index in [1.807, 2.05) is 56.3 Å². The van der Waals surface area contributed by atoms with Gasteiger partial charge in [0, 0.05) is 16.5 Å². The number of phenolic OH excluding ortho intramolecular Hbond substituents is 1. The number of carbonyl (C=O) groups excluding carboxylic acids is 2. The Labute approximate surface area is 163 Å². The summed E-state index contributed by atoms with van der Waals surface area (Å²) in [4.78, 5) is 22.3. The predicted molar refractivity (Wildman–Crippen MR) is 110 cm³/mol. The summed E-state index contributed by atoms with van der Waals surface area (Å²) in [6, 6.07) is 15.0. The summed E-state index contributed by atoms with van der Waals surface area (Å²) < 4.78 is 0. The Bertz CT molecular complexity index is 1090. The summed E-state index contributed by atoms with van der Waals surface area (Å²) >= 11 is 0. The number of phenols is 1. The molecule has 0 amide bonds. The number of hydrogen-bond acceptors (Lipinski definition) is 4. The molecule has 0 heterocycles. The third-order valence-electron chi connectivity index (χ3n) is 4.92. The minimum atomic E-state index is -0.0336. The van der Waals surface area contributed by atoms with Crippen LogP contribution in [0.3, 0.4) is 0 Å². The number of aliphatic hydroxyl groups excluding tert-OH is 1. The molecule has 1 aliphatic rings. The number of aryl methyl sites for hydroxylation is 3. The van der Waals surface area contributed by atoms with Gasteiger partial charge in [-0.05, 0) is 43.7 Å². The van der Waals surface area contributed by atoms with Crippen molar-refractivity contribution in [3.8, 4) is 5.75 Å². The Morgan fingerprint density at radius 1 is 0.929 bits per heavy atom. The lowest BCUT2D eigenvalue weighted by molar-refractivity contribution is 0.102. The van der Waals surface area contributed by atoms with Gasteiger partial charge in [0.1, 0.15) is 5.75 Å². The summed E-state index contributed by atoms with van der Waals surface area (Å²) in [5.74, 6) is 0.0336. The number of carbonyl (C=O) groups is 2. The van der Waals surface area contributed by atoms with Gasteiger partial charge in [0.25, 0.3) is 0 Å². The van der Waals surface area contributed by atoms with Crippen molar-refractivity contribution in [3.63, 3.8) is 0 Å². The van der Waals surface area contributed by atoms with Gasteiger partial charge in [0.2, 0.25) is 0 Å². The highest BCUT2D eigenvalue weighted by atomic mass is 16.3. The van der Waals surface area contributed by atoms with Crippen LogP contribution < -0.4 is 0 Å². The number of allylic oxidation sites excluding steroid dienone is 1. The maximum absolute atomic E-state index is 11.7. The maximum atomic E-state index is 11.7. The summed E-state index contributed by atoms with van der Waals surface area (Å²) in [5, 5.41) is 20.2. The van der Waals surface area contributed by atoms with Crippen LogP contribution in [0.4, 0.5) is 0 Å². The number of rotatable bonds is 1. The van der Waals surface area contributed by atoms with E-state index in [0.29, 0.717) is 23.8 Å². The van der Waals surface area contributed by atoms with Gasteiger partial charge < -0.3 is 10.2 Å². The molecule has 3 aromatic carbocycles. The van der Waals surface area contributed by atoms with Crippen LogP contribution in [-0.2, 0) is 6.42 Å². The summed E-state index contributed by atoms with van der Waals surface area (Å²) in [6.07, 6.45) is 3.08. The van der Waals surface area contributed by atoms with E-state index in [1.165, 1.54) is 5.56 Å². The molecule has 0 spiro atoms. The van der Waals surface area contributed by atoms with Crippen LogP contribution in [0.2, 0.25) is 0 Å². The quantitative estimate of drug-likeness (QED) is 0.347. The molecule has 0 atom stereocenters. The second-order valence-corrected chi connectivity index (χ2v) is 6.99.